The van der Waals surface area contributed by atoms with Crippen LogP contribution in [0.1, 0.15) is 22.9 Å². The van der Waals surface area contributed by atoms with Gasteiger partial charge in [-0.3, -0.25) is 10.1 Å². The molecule has 1 atom stereocenters. The Bertz CT molecular complexity index is 1430. The third-order valence-electron chi connectivity index (χ3n) is 6.11. The lowest BCUT2D eigenvalue weighted by atomic mass is 9.95. The SMILES string of the molecule is Cc1[nH]nc2ccc(-c3cc(N[C@@H](CO)c4ccccc4)cnc3-c3ccccc3CO)cc12. The van der Waals surface area contributed by atoms with Crippen LogP contribution in [-0.2, 0) is 6.61 Å². The molecular weight excluding hydrogens is 424 g/mol. The molecule has 0 saturated carbocycles. The molecule has 0 saturated heterocycles. The number of aromatic amines is 1. The minimum absolute atomic E-state index is 0.0470. The van der Waals surface area contributed by atoms with Crippen molar-refractivity contribution in [1.29, 1.82) is 0 Å². The largest absolute Gasteiger partial charge is 0.394 e. The van der Waals surface area contributed by atoms with Crippen LogP contribution in [0, 0.1) is 6.92 Å². The number of hydrogen-bond donors (Lipinski definition) is 4. The van der Waals surface area contributed by atoms with Gasteiger partial charge in [-0.25, -0.2) is 0 Å². The summed E-state index contributed by atoms with van der Waals surface area (Å²) in [6, 6.07) is 25.5. The molecule has 0 fully saturated rings. The van der Waals surface area contributed by atoms with Gasteiger partial charge in [0.15, 0.2) is 0 Å². The number of anilines is 1. The molecule has 0 unspecified atom stereocenters. The Hall–Kier alpha value is -4.00. The fraction of sp³-hybridized carbons (Fsp3) is 0.143. The van der Waals surface area contributed by atoms with Crippen molar-refractivity contribution in [2.24, 2.45) is 0 Å². The molecule has 0 radical (unpaired) electrons. The quantitative estimate of drug-likeness (QED) is 0.272. The van der Waals surface area contributed by atoms with Crippen molar-refractivity contribution >= 4 is 16.6 Å². The Kier molecular flexibility index (Phi) is 6.08. The predicted octanol–water partition coefficient (Wildman–Crippen LogP) is 5.24. The van der Waals surface area contributed by atoms with Crippen molar-refractivity contribution in [1.82, 2.24) is 15.2 Å². The molecule has 0 aliphatic heterocycles. The van der Waals surface area contributed by atoms with Crippen LogP contribution >= 0.6 is 0 Å². The molecule has 0 amide bonds. The molecule has 0 aliphatic carbocycles. The van der Waals surface area contributed by atoms with Crippen LogP contribution in [0.15, 0.2) is 85.1 Å². The minimum Gasteiger partial charge on any atom is -0.394 e. The molecule has 5 aromatic rings. The molecule has 34 heavy (non-hydrogen) atoms. The van der Waals surface area contributed by atoms with E-state index in [4.69, 9.17) is 4.98 Å². The van der Waals surface area contributed by atoms with Crippen LogP contribution < -0.4 is 5.32 Å². The zero-order valence-corrected chi connectivity index (χ0v) is 18.9. The molecule has 170 valence electrons. The predicted molar refractivity (Wildman–Crippen MR) is 135 cm³/mol. The van der Waals surface area contributed by atoms with Gasteiger partial charge in [-0.1, -0.05) is 60.7 Å². The molecule has 6 heteroatoms. The number of aryl methyl sites for hydroxylation is 1. The lowest BCUT2D eigenvalue weighted by Gasteiger charge is -2.20. The fourth-order valence-corrected chi connectivity index (χ4v) is 4.29. The molecular formula is C28H26N4O2. The van der Waals surface area contributed by atoms with Gasteiger partial charge in [0, 0.05) is 22.2 Å². The number of hydrogen-bond acceptors (Lipinski definition) is 5. The Labute approximate surface area is 197 Å². The van der Waals surface area contributed by atoms with Gasteiger partial charge < -0.3 is 15.5 Å². The smallest absolute Gasteiger partial charge is 0.0924 e. The summed E-state index contributed by atoms with van der Waals surface area (Å²) < 4.78 is 0. The first-order valence-electron chi connectivity index (χ1n) is 11.2. The average molecular weight is 451 g/mol. The van der Waals surface area contributed by atoms with Crippen LogP contribution in [0.25, 0.3) is 33.3 Å². The second kappa shape index (κ2) is 9.47. The monoisotopic (exact) mass is 450 g/mol. The lowest BCUT2D eigenvalue weighted by Crippen LogP contribution is -2.15. The van der Waals surface area contributed by atoms with Crippen molar-refractivity contribution in [3.8, 4) is 22.4 Å². The summed E-state index contributed by atoms with van der Waals surface area (Å²) in [5, 5.41) is 31.8. The van der Waals surface area contributed by atoms with Gasteiger partial charge in [-0.05, 0) is 41.8 Å². The highest BCUT2D eigenvalue weighted by atomic mass is 16.3. The van der Waals surface area contributed by atoms with Crippen molar-refractivity contribution < 1.29 is 10.2 Å². The molecule has 0 bridgehead atoms. The van der Waals surface area contributed by atoms with Crippen molar-refractivity contribution in [3.05, 3.63) is 102 Å². The Morgan fingerprint density at radius 1 is 0.912 bits per heavy atom. The normalized spacial score (nSPS) is 12.1. The number of nitrogens with zero attached hydrogens (tertiary/aromatic N) is 2. The molecule has 0 aliphatic rings. The number of aromatic nitrogens is 3. The summed E-state index contributed by atoms with van der Waals surface area (Å²) >= 11 is 0. The van der Waals surface area contributed by atoms with Crippen LogP contribution in [0.2, 0.25) is 0 Å². The second-order valence-corrected chi connectivity index (χ2v) is 8.31. The van der Waals surface area contributed by atoms with Crippen molar-refractivity contribution in [2.45, 2.75) is 19.6 Å². The van der Waals surface area contributed by atoms with E-state index < -0.39 is 0 Å². The first-order valence-corrected chi connectivity index (χ1v) is 11.2. The summed E-state index contributed by atoms with van der Waals surface area (Å²) in [5.74, 6) is 0. The number of nitrogens with one attached hydrogen (secondary N) is 2. The summed E-state index contributed by atoms with van der Waals surface area (Å²) in [4.78, 5) is 4.83. The molecule has 6 nitrogen and oxygen atoms in total. The summed E-state index contributed by atoms with van der Waals surface area (Å²) in [5.41, 5.74) is 8.12. The number of aliphatic hydroxyl groups excluding tert-OH is 2. The van der Waals surface area contributed by atoms with Gasteiger partial charge in [0.1, 0.15) is 0 Å². The number of pyridine rings is 1. The Balaban J connectivity index is 1.64. The Morgan fingerprint density at radius 3 is 2.50 bits per heavy atom. The molecule has 3 aromatic carbocycles. The highest BCUT2D eigenvalue weighted by Crippen LogP contribution is 2.36. The van der Waals surface area contributed by atoms with Crippen LogP contribution in [-0.4, -0.2) is 32.0 Å². The number of fused-ring (bicyclic) bond motifs is 1. The van der Waals surface area contributed by atoms with E-state index in [1.165, 1.54) is 0 Å². The van der Waals surface area contributed by atoms with Crippen molar-refractivity contribution in [3.63, 3.8) is 0 Å². The third-order valence-corrected chi connectivity index (χ3v) is 6.11. The van der Waals surface area contributed by atoms with E-state index >= 15 is 0 Å². The number of benzene rings is 3. The van der Waals surface area contributed by atoms with Gasteiger partial charge in [-0.2, -0.15) is 5.10 Å². The summed E-state index contributed by atoms with van der Waals surface area (Å²) in [6.45, 7) is 1.88. The highest BCUT2D eigenvalue weighted by Gasteiger charge is 2.17. The van der Waals surface area contributed by atoms with E-state index in [1.54, 1.807) is 6.20 Å². The number of H-pyrrole nitrogens is 1. The van der Waals surface area contributed by atoms with Gasteiger partial charge in [-0.15, -0.1) is 0 Å². The number of rotatable bonds is 7. The van der Waals surface area contributed by atoms with E-state index in [0.29, 0.717) is 0 Å². The first kappa shape index (κ1) is 21.8. The maximum absolute atomic E-state index is 10.0. The average Bonchev–Trinajstić information content (AvgIpc) is 3.27. The van der Waals surface area contributed by atoms with E-state index in [-0.39, 0.29) is 19.3 Å². The number of aliphatic hydroxyl groups is 2. The van der Waals surface area contributed by atoms with Gasteiger partial charge in [0.05, 0.1) is 42.4 Å². The van der Waals surface area contributed by atoms with E-state index in [1.807, 2.05) is 73.7 Å². The topological polar surface area (TPSA) is 94.1 Å². The summed E-state index contributed by atoms with van der Waals surface area (Å²) in [6.07, 6.45) is 1.78. The fourth-order valence-electron chi connectivity index (χ4n) is 4.29. The van der Waals surface area contributed by atoms with E-state index in [0.717, 1.165) is 55.8 Å². The molecule has 0 spiro atoms. The van der Waals surface area contributed by atoms with Crippen molar-refractivity contribution in [2.75, 3.05) is 11.9 Å². The lowest BCUT2D eigenvalue weighted by molar-refractivity contribution is 0.276. The van der Waals surface area contributed by atoms with E-state index in [9.17, 15) is 10.2 Å². The zero-order chi connectivity index (χ0) is 23.5. The van der Waals surface area contributed by atoms with Gasteiger partial charge >= 0.3 is 0 Å². The second-order valence-electron chi connectivity index (χ2n) is 8.31. The third kappa shape index (κ3) is 4.17. The minimum atomic E-state index is -0.259. The molecule has 2 heterocycles. The van der Waals surface area contributed by atoms with Crippen LogP contribution in [0.3, 0.4) is 0 Å². The molecule has 2 aromatic heterocycles. The maximum Gasteiger partial charge on any atom is 0.0924 e. The highest BCUT2D eigenvalue weighted by molar-refractivity contribution is 5.91. The summed E-state index contributed by atoms with van der Waals surface area (Å²) in [7, 11) is 0. The molecule has 4 N–H and O–H groups in total. The Morgan fingerprint density at radius 2 is 1.71 bits per heavy atom. The standard InChI is InChI=1S/C28H26N4O2/c1-18-24-13-20(11-12-26(24)32-31-18)25-14-22(30-27(17-34)19-7-3-2-4-8-19)15-29-28(25)23-10-6-5-9-21(23)16-33/h2-15,27,30,33-34H,16-17H2,1H3,(H,31,32)/t27-/m0/s1. The van der Waals surface area contributed by atoms with Gasteiger partial charge in [0.2, 0.25) is 0 Å². The molecule has 5 rings (SSSR count). The van der Waals surface area contributed by atoms with Gasteiger partial charge in [0.25, 0.3) is 0 Å². The van der Waals surface area contributed by atoms with Crippen LogP contribution in [0.5, 0.6) is 0 Å². The van der Waals surface area contributed by atoms with Crippen LogP contribution in [0.4, 0.5) is 5.69 Å². The van der Waals surface area contributed by atoms with E-state index in [2.05, 4.69) is 27.6 Å². The maximum atomic E-state index is 10.0. The zero-order valence-electron chi connectivity index (χ0n) is 18.9. The first-order chi connectivity index (χ1) is 16.7.